The Balaban J connectivity index is 1.39. The molecule has 8 heteroatoms. The van der Waals surface area contributed by atoms with Crippen LogP contribution in [0.5, 0.6) is 0 Å². The van der Waals surface area contributed by atoms with Crippen LogP contribution in [0.4, 0.5) is 11.4 Å². The van der Waals surface area contributed by atoms with E-state index in [1.807, 2.05) is 47.5 Å². The summed E-state index contributed by atoms with van der Waals surface area (Å²) in [5.74, 6) is 0.919. The number of rotatable bonds is 7. The summed E-state index contributed by atoms with van der Waals surface area (Å²) >= 11 is 1.47. The van der Waals surface area contributed by atoms with E-state index in [4.69, 9.17) is 0 Å². The molecule has 2 aromatic rings. The fraction of sp³-hybridized carbons (Fsp3) is 0.381. The van der Waals surface area contributed by atoms with Crippen molar-refractivity contribution < 1.29 is 9.59 Å². The van der Waals surface area contributed by atoms with Gasteiger partial charge >= 0.3 is 0 Å². The van der Waals surface area contributed by atoms with Crippen molar-refractivity contribution in [2.45, 2.75) is 45.8 Å². The first-order valence-electron chi connectivity index (χ1n) is 9.94. The first-order valence-corrected chi connectivity index (χ1v) is 10.8. The molecule has 0 saturated heterocycles. The minimum atomic E-state index is -0.277. The summed E-state index contributed by atoms with van der Waals surface area (Å²) < 4.78 is 0. The molecule has 1 unspecified atom stereocenters. The second-order valence-electron chi connectivity index (χ2n) is 7.31. The molecular weight excluding hydrogens is 386 g/mol. The van der Waals surface area contributed by atoms with Crippen LogP contribution in [0.3, 0.4) is 0 Å². The predicted molar refractivity (Wildman–Crippen MR) is 116 cm³/mol. The zero-order valence-electron chi connectivity index (χ0n) is 16.6. The van der Waals surface area contributed by atoms with Crippen molar-refractivity contribution in [2.75, 3.05) is 16.8 Å². The van der Waals surface area contributed by atoms with Crippen LogP contribution in [0.2, 0.25) is 0 Å². The Labute approximate surface area is 174 Å². The molecule has 3 heterocycles. The van der Waals surface area contributed by atoms with Gasteiger partial charge in [0.05, 0.1) is 5.69 Å². The number of anilines is 2. The Kier molecular flexibility index (Phi) is 5.53. The van der Waals surface area contributed by atoms with E-state index < -0.39 is 0 Å². The highest BCUT2D eigenvalue weighted by Gasteiger charge is 2.42. The maximum absolute atomic E-state index is 12.8. The number of amidine groups is 1. The lowest BCUT2D eigenvalue weighted by Crippen LogP contribution is -2.58. The summed E-state index contributed by atoms with van der Waals surface area (Å²) in [4.78, 5) is 29.8. The summed E-state index contributed by atoms with van der Waals surface area (Å²) in [5, 5.41) is 9.38. The highest BCUT2D eigenvalue weighted by atomic mass is 32.1. The summed E-state index contributed by atoms with van der Waals surface area (Å²) in [6.07, 6.45) is 2.36. The molecule has 2 aliphatic heterocycles. The monoisotopic (exact) mass is 411 g/mol. The molecule has 2 N–H and O–H groups in total. The normalized spacial score (nSPS) is 17.5. The molecule has 1 aromatic heterocycles. The number of benzene rings is 1. The smallest absolute Gasteiger partial charge is 0.269 e. The number of hydrazone groups is 1. The maximum atomic E-state index is 12.8. The second-order valence-corrected chi connectivity index (χ2v) is 8.22. The molecule has 0 spiro atoms. The average molecular weight is 412 g/mol. The number of fused-ring (bicyclic) bond motifs is 3. The molecule has 152 valence electrons. The zero-order chi connectivity index (χ0) is 20.4. The van der Waals surface area contributed by atoms with Gasteiger partial charge in [-0.3, -0.25) is 24.8 Å². The third-order valence-electron chi connectivity index (χ3n) is 5.06. The van der Waals surface area contributed by atoms with Crippen molar-refractivity contribution in [1.29, 1.82) is 0 Å². The second kappa shape index (κ2) is 8.24. The fourth-order valence-electron chi connectivity index (χ4n) is 3.75. The molecule has 7 nitrogen and oxygen atoms in total. The van der Waals surface area contributed by atoms with Crippen molar-refractivity contribution in [1.82, 2.24) is 10.3 Å². The lowest BCUT2D eigenvalue weighted by molar-refractivity contribution is -0.116. The van der Waals surface area contributed by atoms with E-state index in [2.05, 4.69) is 27.7 Å². The molecule has 2 amide bonds. The molecule has 0 saturated carbocycles. The maximum Gasteiger partial charge on any atom is 0.269 e. The third kappa shape index (κ3) is 3.85. The Morgan fingerprint density at radius 3 is 3.00 bits per heavy atom. The van der Waals surface area contributed by atoms with Crippen LogP contribution < -0.4 is 15.6 Å². The van der Waals surface area contributed by atoms with Gasteiger partial charge in [-0.15, -0.1) is 11.3 Å². The van der Waals surface area contributed by atoms with E-state index in [0.717, 1.165) is 34.1 Å². The van der Waals surface area contributed by atoms with E-state index >= 15 is 0 Å². The number of carbonyl (C=O) groups is 2. The first kappa shape index (κ1) is 19.4. The van der Waals surface area contributed by atoms with E-state index in [9.17, 15) is 9.59 Å². The molecule has 0 fully saturated rings. The Hall–Kier alpha value is -2.87. The third-order valence-corrected chi connectivity index (χ3v) is 5.95. The van der Waals surface area contributed by atoms with Gasteiger partial charge in [0.25, 0.3) is 5.91 Å². The molecule has 29 heavy (non-hydrogen) atoms. The van der Waals surface area contributed by atoms with E-state index in [0.29, 0.717) is 25.8 Å². The van der Waals surface area contributed by atoms with Crippen LogP contribution in [0.1, 0.15) is 47.8 Å². The zero-order valence-corrected chi connectivity index (χ0v) is 17.5. The fourth-order valence-corrected chi connectivity index (χ4v) is 4.59. The van der Waals surface area contributed by atoms with Crippen molar-refractivity contribution in [2.24, 2.45) is 5.10 Å². The number of aryl methyl sites for hydroxylation is 1. The standard InChI is InChI=1S/C21H25N5O2S/c1-3-11-25-20(28)19-16(10-12-29-19)26-17(23-24-21(25)26)8-5-9-18(27)22-15-7-4-6-14(2)13-15/h4,6-7,10,12-13,21,24H,3,5,8-9,11H2,1-2H3,(H,22,27). The Morgan fingerprint density at radius 1 is 1.34 bits per heavy atom. The minimum absolute atomic E-state index is 0.00337. The quantitative estimate of drug-likeness (QED) is 0.728. The van der Waals surface area contributed by atoms with Crippen LogP contribution >= 0.6 is 11.3 Å². The molecule has 0 bridgehead atoms. The summed E-state index contributed by atoms with van der Waals surface area (Å²) in [6, 6.07) is 9.76. The molecule has 1 atom stereocenters. The van der Waals surface area contributed by atoms with Gasteiger partial charge in [-0.05, 0) is 48.9 Å². The van der Waals surface area contributed by atoms with Gasteiger partial charge in [0.2, 0.25) is 12.2 Å². The highest BCUT2D eigenvalue weighted by molar-refractivity contribution is 7.12. The van der Waals surface area contributed by atoms with Crippen molar-refractivity contribution in [3.05, 3.63) is 46.2 Å². The van der Waals surface area contributed by atoms with Crippen LogP contribution in [0.25, 0.3) is 0 Å². The number of nitrogens with one attached hydrogen (secondary N) is 2. The number of thiophene rings is 1. The summed E-state index contributed by atoms with van der Waals surface area (Å²) in [6.45, 7) is 4.73. The molecule has 2 aliphatic rings. The van der Waals surface area contributed by atoms with E-state index in [1.54, 1.807) is 0 Å². The number of hydrogen-bond acceptors (Lipinski definition) is 6. The molecule has 1 aromatic carbocycles. The SMILES string of the molecule is CCCN1C(=O)c2sccc2N2C(CCCC(=O)Nc3cccc(C)c3)=NNC12. The minimum Gasteiger partial charge on any atom is -0.326 e. The van der Waals surface area contributed by atoms with Gasteiger partial charge in [-0.2, -0.15) is 5.10 Å². The summed E-state index contributed by atoms with van der Waals surface area (Å²) in [7, 11) is 0. The van der Waals surface area contributed by atoms with E-state index in [1.165, 1.54) is 11.3 Å². The average Bonchev–Trinajstić information content (AvgIpc) is 3.32. The molecule has 0 aliphatic carbocycles. The van der Waals surface area contributed by atoms with Gasteiger partial charge < -0.3 is 5.32 Å². The van der Waals surface area contributed by atoms with Gasteiger partial charge in [-0.25, -0.2) is 0 Å². The topological polar surface area (TPSA) is 77.0 Å². The Bertz CT molecular complexity index is 954. The lowest BCUT2D eigenvalue weighted by atomic mass is 10.1. The molecular formula is C21H25N5O2S. The predicted octanol–water partition coefficient (Wildman–Crippen LogP) is 3.74. The molecule has 4 rings (SSSR count). The van der Waals surface area contributed by atoms with Crippen LogP contribution in [-0.2, 0) is 4.79 Å². The van der Waals surface area contributed by atoms with Crippen LogP contribution in [0, 0.1) is 6.92 Å². The van der Waals surface area contributed by atoms with E-state index in [-0.39, 0.29) is 18.1 Å². The number of amides is 2. The van der Waals surface area contributed by atoms with Gasteiger partial charge in [0.1, 0.15) is 10.7 Å². The number of hydrogen-bond donors (Lipinski definition) is 2. The van der Waals surface area contributed by atoms with Crippen molar-refractivity contribution in [3.8, 4) is 0 Å². The number of carbonyl (C=O) groups excluding carboxylic acids is 2. The van der Waals surface area contributed by atoms with Crippen LogP contribution in [0.15, 0.2) is 40.8 Å². The summed E-state index contributed by atoms with van der Waals surface area (Å²) in [5.41, 5.74) is 5.96. The Morgan fingerprint density at radius 2 is 2.21 bits per heavy atom. The highest BCUT2D eigenvalue weighted by Crippen LogP contribution is 2.36. The van der Waals surface area contributed by atoms with Gasteiger partial charge in [-0.1, -0.05) is 19.1 Å². The van der Waals surface area contributed by atoms with Crippen molar-refractivity contribution >= 4 is 40.4 Å². The van der Waals surface area contributed by atoms with Gasteiger partial charge in [0.15, 0.2) is 0 Å². The van der Waals surface area contributed by atoms with Crippen LogP contribution in [-0.4, -0.2) is 35.4 Å². The lowest BCUT2D eigenvalue weighted by Gasteiger charge is -2.39. The first-order chi connectivity index (χ1) is 14.1. The molecule has 0 radical (unpaired) electrons. The van der Waals surface area contributed by atoms with Gasteiger partial charge in [0, 0.05) is 25.1 Å². The largest absolute Gasteiger partial charge is 0.326 e. The number of nitrogens with zero attached hydrogens (tertiary/aromatic N) is 3. The van der Waals surface area contributed by atoms with Crippen molar-refractivity contribution in [3.63, 3.8) is 0 Å².